The van der Waals surface area contributed by atoms with Gasteiger partial charge in [0.1, 0.15) is 5.82 Å². The fourth-order valence-electron chi connectivity index (χ4n) is 1.62. The van der Waals surface area contributed by atoms with Crippen molar-refractivity contribution >= 4 is 22.5 Å². The highest BCUT2D eigenvalue weighted by Gasteiger charge is 2.03. The molecule has 2 N–H and O–H groups in total. The minimum atomic E-state index is 0.638. The molecule has 0 aliphatic carbocycles. The monoisotopic (exact) mass is 184 g/mol. The molecule has 2 heterocycles. The number of aromatic nitrogens is 3. The summed E-state index contributed by atoms with van der Waals surface area (Å²) in [6, 6.07) is 7.85. The normalized spacial score (nSPS) is 11.1. The third-order valence-corrected chi connectivity index (χ3v) is 2.26. The predicted molar refractivity (Wildman–Crippen MR) is 54.9 cm³/mol. The van der Waals surface area contributed by atoms with E-state index in [1.165, 1.54) is 0 Å². The van der Waals surface area contributed by atoms with E-state index in [0.29, 0.717) is 5.82 Å². The van der Waals surface area contributed by atoms with Gasteiger partial charge in [-0.2, -0.15) is 0 Å². The number of anilines is 1. The average Bonchev–Trinajstić information content (AvgIpc) is 2.61. The summed E-state index contributed by atoms with van der Waals surface area (Å²) < 4.78 is 1.89. The van der Waals surface area contributed by atoms with Crippen LogP contribution >= 0.6 is 0 Å². The van der Waals surface area contributed by atoms with Crippen molar-refractivity contribution in [2.45, 2.75) is 0 Å². The Bertz CT molecular complexity index is 612. The molecule has 68 valence electrons. The molecule has 0 saturated heterocycles. The van der Waals surface area contributed by atoms with E-state index in [2.05, 4.69) is 9.97 Å². The van der Waals surface area contributed by atoms with Gasteiger partial charge in [0.15, 0.2) is 5.65 Å². The first-order valence-electron chi connectivity index (χ1n) is 4.33. The quantitative estimate of drug-likeness (QED) is 0.575. The second kappa shape index (κ2) is 2.45. The zero-order valence-electron chi connectivity index (χ0n) is 7.38. The topological polar surface area (TPSA) is 56.2 Å². The number of nitrogen functional groups attached to an aromatic ring is 1. The van der Waals surface area contributed by atoms with Crippen LogP contribution in [0, 0.1) is 0 Å². The Labute approximate surface area is 80.0 Å². The summed E-state index contributed by atoms with van der Waals surface area (Å²) in [6.07, 6.45) is 3.36. The van der Waals surface area contributed by atoms with E-state index < -0.39 is 0 Å². The van der Waals surface area contributed by atoms with Crippen molar-refractivity contribution in [2.75, 3.05) is 5.73 Å². The van der Waals surface area contributed by atoms with Crippen LogP contribution in [-0.2, 0) is 0 Å². The van der Waals surface area contributed by atoms with Crippen molar-refractivity contribution in [1.82, 2.24) is 14.4 Å². The Kier molecular flexibility index (Phi) is 1.28. The maximum absolute atomic E-state index is 5.81. The van der Waals surface area contributed by atoms with Gasteiger partial charge in [-0.1, -0.05) is 12.1 Å². The molecule has 0 atom stereocenters. The molecule has 3 rings (SSSR count). The van der Waals surface area contributed by atoms with Gasteiger partial charge in [-0.15, -0.1) is 0 Å². The van der Waals surface area contributed by atoms with Crippen LogP contribution in [0.4, 0.5) is 5.82 Å². The van der Waals surface area contributed by atoms with Crippen molar-refractivity contribution in [3.63, 3.8) is 0 Å². The molecule has 0 bridgehead atoms. The molecule has 0 spiro atoms. The number of hydrogen-bond acceptors (Lipinski definition) is 3. The minimum Gasteiger partial charge on any atom is -0.383 e. The predicted octanol–water partition coefficient (Wildman–Crippen LogP) is 1.46. The van der Waals surface area contributed by atoms with Gasteiger partial charge in [0.2, 0.25) is 0 Å². The third-order valence-electron chi connectivity index (χ3n) is 2.26. The van der Waals surface area contributed by atoms with Crippen LogP contribution in [0.25, 0.3) is 16.7 Å². The van der Waals surface area contributed by atoms with Crippen molar-refractivity contribution < 1.29 is 0 Å². The summed E-state index contributed by atoms with van der Waals surface area (Å²) >= 11 is 0. The van der Waals surface area contributed by atoms with Crippen molar-refractivity contribution in [3.8, 4) is 0 Å². The first-order chi connectivity index (χ1) is 6.86. The molecule has 2 aromatic heterocycles. The lowest BCUT2D eigenvalue weighted by molar-refractivity contribution is 1.22. The van der Waals surface area contributed by atoms with Crippen LogP contribution in [-0.4, -0.2) is 14.4 Å². The Morgan fingerprint density at radius 2 is 1.93 bits per heavy atom. The number of fused-ring (bicyclic) bond motifs is 3. The second-order valence-corrected chi connectivity index (χ2v) is 3.12. The van der Waals surface area contributed by atoms with Crippen LogP contribution in [0.1, 0.15) is 0 Å². The zero-order valence-corrected chi connectivity index (χ0v) is 7.38. The van der Waals surface area contributed by atoms with Gasteiger partial charge < -0.3 is 5.73 Å². The van der Waals surface area contributed by atoms with Crippen molar-refractivity contribution in [2.24, 2.45) is 0 Å². The summed E-state index contributed by atoms with van der Waals surface area (Å²) in [6.45, 7) is 0. The highest BCUT2D eigenvalue weighted by Crippen LogP contribution is 2.16. The van der Waals surface area contributed by atoms with E-state index in [9.17, 15) is 0 Å². The first kappa shape index (κ1) is 7.32. The maximum Gasteiger partial charge on any atom is 0.157 e. The standard InChI is InChI=1S/C10H8N4/c11-9-5-13-10-6-12-7-3-1-2-4-8(7)14(9)10/h1-6H,11H2. The molecular weight excluding hydrogens is 176 g/mol. The van der Waals surface area contributed by atoms with E-state index in [-0.39, 0.29) is 0 Å². The number of rotatable bonds is 0. The Morgan fingerprint density at radius 3 is 2.86 bits per heavy atom. The average molecular weight is 184 g/mol. The van der Waals surface area contributed by atoms with Crippen LogP contribution in [0.2, 0.25) is 0 Å². The molecule has 0 radical (unpaired) electrons. The summed E-state index contributed by atoms with van der Waals surface area (Å²) in [4.78, 5) is 8.43. The zero-order chi connectivity index (χ0) is 9.54. The smallest absolute Gasteiger partial charge is 0.157 e. The molecule has 0 saturated carbocycles. The number of hydrogen-bond donors (Lipinski definition) is 1. The Morgan fingerprint density at radius 1 is 1.07 bits per heavy atom. The largest absolute Gasteiger partial charge is 0.383 e. The lowest BCUT2D eigenvalue weighted by Gasteiger charge is -2.01. The second-order valence-electron chi connectivity index (χ2n) is 3.12. The molecule has 14 heavy (non-hydrogen) atoms. The van der Waals surface area contributed by atoms with E-state index in [1.54, 1.807) is 12.4 Å². The minimum absolute atomic E-state index is 0.638. The van der Waals surface area contributed by atoms with Crippen LogP contribution < -0.4 is 5.73 Å². The number of para-hydroxylation sites is 2. The molecule has 0 amide bonds. The molecule has 1 aromatic carbocycles. The van der Waals surface area contributed by atoms with Gasteiger partial charge in [0.25, 0.3) is 0 Å². The summed E-state index contributed by atoms with van der Waals surface area (Å²) in [5, 5.41) is 0. The van der Waals surface area contributed by atoms with Gasteiger partial charge in [-0.25, -0.2) is 4.98 Å². The molecule has 0 fully saturated rings. The molecular formula is C10H8N4. The number of nitrogens with two attached hydrogens (primary N) is 1. The SMILES string of the molecule is Nc1cnc2cnc3ccccc3n12. The lowest BCUT2D eigenvalue weighted by atomic mass is 10.3. The van der Waals surface area contributed by atoms with Crippen molar-refractivity contribution in [3.05, 3.63) is 36.7 Å². The lowest BCUT2D eigenvalue weighted by Crippen LogP contribution is -1.95. The highest BCUT2D eigenvalue weighted by atomic mass is 15.1. The highest BCUT2D eigenvalue weighted by molar-refractivity contribution is 5.78. The summed E-state index contributed by atoms with van der Waals surface area (Å²) in [5.74, 6) is 0.638. The molecule has 0 unspecified atom stereocenters. The number of benzene rings is 1. The van der Waals surface area contributed by atoms with E-state index in [4.69, 9.17) is 5.73 Å². The molecule has 4 nitrogen and oxygen atoms in total. The van der Waals surface area contributed by atoms with Gasteiger partial charge in [0.05, 0.1) is 23.4 Å². The molecule has 3 aromatic rings. The van der Waals surface area contributed by atoms with Gasteiger partial charge >= 0.3 is 0 Å². The summed E-state index contributed by atoms with van der Waals surface area (Å²) in [5.41, 5.74) is 8.50. The van der Waals surface area contributed by atoms with Crippen molar-refractivity contribution in [1.29, 1.82) is 0 Å². The van der Waals surface area contributed by atoms with Gasteiger partial charge in [0, 0.05) is 0 Å². The molecule has 0 aliphatic rings. The fourth-order valence-corrected chi connectivity index (χ4v) is 1.62. The number of imidazole rings is 1. The van der Waals surface area contributed by atoms with E-state index in [1.807, 2.05) is 28.7 Å². The Balaban J connectivity index is 2.65. The third kappa shape index (κ3) is 0.821. The fraction of sp³-hybridized carbons (Fsp3) is 0. The van der Waals surface area contributed by atoms with Gasteiger partial charge in [-0.3, -0.25) is 9.38 Å². The van der Waals surface area contributed by atoms with Crippen LogP contribution in [0.3, 0.4) is 0 Å². The van der Waals surface area contributed by atoms with E-state index in [0.717, 1.165) is 16.7 Å². The van der Waals surface area contributed by atoms with Gasteiger partial charge in [-0.05, 0) is 12.1 Å². The maximum atomic E-state index is 5.81. The van der Waals surface area contributed by atoms with Crippen LogP contribution in [0.15, 0.2) is 36.7 Å². The first-order valence-corrected chi connectivity index (χ1v) is 4.33. The van der Waals surface area contributed by atoms with Crippen LogP contribution in [0.5, 0.6) is 0 Å². The molecule has 0 aliphatic heterocycles. The number of nitrogens with zero attached hydrogens (tertiary/aromatic N) is 3. The van der Waals surface area contributed by atoms with E-state index >= 15 is 0 Å². The molecule has 4 heteroatoms. The Hall–Kier alpha value is -2.10. The summed E-state index contributed by atoms with van der Waals surface area (Å²) in [7, 11) is 0.